The van der Waals surface area contributed by atoms with Crippen LogP contribution in [0.1, 0.15) is 65.2 Å². The second-order valence-electron chi connectivity index (χ2n) is 5.35. The number of hydrogen-bond acceptors (Lipinski definition) is 3. The van der Waals surface area contributed by atoms with Gasteiger partial charge in [0.1, 0.15) is 0 Å². The Balaban J connectivity index is 2.33. The minimum absolute atomic E-state index is 0.162. The zero-order valence-electron chi connectivity index (χ0n) is 12.2. The second kappa shape index (κ2) is 8.89. The highest BCUT2D eigenvalue weighted by Gasteiger charge is 2.37. The fourth-order valence-corrected chi connectivity index (χ4v) is 2.66. The van der Waals surface area contributed by atoms with Gasteiger partial charge in [-0.05, 0) is 19.3 Å². The quantitative estimate of drug-likeness (QED) is 0.274. The van der Waals surface area contributed by atoms with Crippen molar-refractivity contribution in [2.75, 3.05) is 0 Å². The van der Waals surface area contributed by atoms with Crippen molar-refractivity contribution in [3.05, 3.63) is 12.2 Å². The third kappa shape index (κ3) is 5.58. The molecule has 3 nitrogen and oxygen atoms in total. The zero-order valence-corrected chi connectivity index (χ0v) is 12.2. The largest absolute Gasteiger partial charge is 0.393 e. The van der Waals surface area contributed by atoms with E-state index in [4.69, 9.17) is 0 Å². The fourth-order valence-electron chi connectivity index (χ4n) is 2.66. The van der Waals surface area contributed by atoms with Gasteiger partial charge in [0, 0.05) is 0 Å². The molecule has 108 valence electrons. The first-order valence-electron chi connectivity index (χ1n) is 7.56. The minimum Gasteiger partial charge on any atom is -0.393 e. The molecule has 0 saturated carbocycles. The molecule has 1 heterocycles. The van der Waals surface area contributed by atoms with Gasteiger partial charge in [-0.3, -0.25) is 9.59 Å². The molecule has 3 heteroatoms. The van der Waals surface area contributed by atoms with Crippen LogP contribution in [0.5, 0.6) is 0 Å². The fraction of sp³-hybridized carbons (Fsp3) is 0.750. The molecule has 0 aromatic heterocycles. The van der Waals surface area contributed by atoms with Crippen LogP contribution in [0, 0.1) is 11.8 Å². The first kappa shape index (κ1) is 15.9. The lowest BCUT2D eigenvalue weighted by molar-refractivity contribution is -0.153. The maximum atomic E-state index is 11.6. The summed E-state index contributed by atoms with van der Waals surface area (Å²) in [5.41, 5.74) is 0. The summed E-state index contributed by atoms with van der Waals surface area (Å²) in [5.74, 6) is -0.791. The summed E-state index contributed by atoms with van der Waals surface area (Å²) in [7, 11) is 0. The average molecular weight is 266 g/mol. The molecule has 2 unspecified atom stereocenters. The Morgan fingerprint density at radius 1 is 1.21 bits per heavy atom. The SMILES string of the molecule is C/C=C/C(CCCCCCCC)C1CC(=O)OC1=O. The number of carbonyl (C=O) groups is 2. The van der Waals surface area contributed by atoms with E-state index in [9.17, 15) is 9.59 Å². The molecule has 2 atom stereocenters. The van der Waals surface area contributed by atoms with Crippen LogP contribution in [0.25, 0.3) is 0 Å². The third-order valence-electron chi connectivity index (χ3n) is 3.75. The predicted octanol–water partition coefficient (Wildman–Crippen LogP) is 4.02. The smallest absolute Gasteiger partial charge is 0.317 e. The molecule has 0 N–H and O–H groups in total. The molecule has 0 amide bonds. The van der Waals surface area contributed by atoms with Crippen LogP contribution in [-0.2, 0) is 14.3 Å². The molecule has 1 rings (SSSR count). The number of rotatable bonds is 9. The Bertz CT molecular complexity index is 320. The molecule has 19 heavy (non-hydrogen) atoms. The van der Waals surface area contributed by atoms with E-state index in [-0.39, 0.29) is 30.2 Å². The van der Waals surface area contributed by atoms with Gasteiger partial charge in [-0.25, -0.2) is 0 Å². The summed E-state index contributed by atoms with van der Waals surface area (Å²) in [6.07, 6.45) is 12.7. The maximum Gasteiger partial charge on any atom is 0.317 e. The van der Waals surface area contributed by atoms with Gasteiger partial charge < -0.3 is 4.74 Å². The molecule has 0 radical (unpaired) electrons. The maximum absolute atomic E-state index is 11.6. The molecule has 0 bridgehead atoms. The number of cyclic esters (lactones) is 2. The molecule has 0 aromatic carbocycles. The zero-order chi connectivity index (χ0) is 14.1. The summed E-state index contributed by atoms with van der Waals surface area (Å²) < 4.78 is 4.65. The van der Waals surface area contributed by atoms with Crippen LogP contribution in [0.15, 0.2) is 12.2 Å². The van der Waals surface area contributed by atoms with Crippen molar-refractivity contribution in [3.8, 4) is 0 Å². The minimum atomic E-state index is -0.368. The Hall–Kier alpha value is -1.12. The number of ether oxygens (including phenoxy) is 1. The highest BCUT2D eigenvalue weighted by atomic mass is 16.6. The molecule has 1 aliphatic rings. The van der Waals surface area contributed by atoms with E-state index in [1.165, 1.54) is 32.1 Å². The van der Waals surface area contributed by atoms with E-state index in [0.29, 0.717) is 0 Å². The van der Waals surface area contributed by atoms with Crippen molar-refractivity contribution in [2.45, 2.75) is 65.2 Å². The Labute approximate surface area is 116 Å². The van der Waals surface area contributed by atoms with Crippen molar-refractivity contribution in [3.63, 3.8) is 0 Å². The lowest BCUT2D eigenvalue weighted by atomic mass is 9.86. The van der Waals surface area contributed by atoms with Crippen LogP contribution >= 0.6 is 0 Å². The molecule has 1 fully saturated rings. The van der Waals surface area contributed by atoms with Gasteiger partial charge in [0.15, 0.2) is 0 Å². The monoisotopic (exact) mass is 266 g/mol. The van der Waals surface area contributed by atoms with Crippen LogP contribution in [0.3, 0.4) is 0 Å². The third-order valence-corrected chi connectivity index (χ3v) is 3.75. The van der Waals surface area contributed by atoms with Gasteiger partial charge >= 0.3 is 11.9 Å². The summed E-state index contributed by atoms with van der Waals surface area (Å²) in [6.45, 7) is 4.17. The average Bonchev–Trinajstić information content (AvgIpc) is 2.71. The molecular weight excluding hydrogens is 240 g/mol. The van der Waals surface area contributed by atoms with Gasteiger partial charge in [0.2, 0.25) is 0 Å². The van der Waals surface area contributed by atoms with Crippen LogP contribution in [0.4, 0.5) is 0 Å². The van der Waals surface area contributed by atoms with Gasteiger partial charge in [-0.1, -0.05) is 57.6 Å². The first-order chi connectivity index (χ1) is 9.19. The van der Waals surface area contributed by atoms with E-state index >= 15 is 0 Å². The molecule has 0 aliphatic carbocycles. The van der Waals surface area contributed by atoms with E-state index in [2.05, 4.69) is 17.7 Å². The van der Waals surface area contributed by atoms with Crippen molar-refractivity contribution < 1.29 is 14.3 Å². The molecule has 1 saturated heterocycles. The van der Waals surface area contributed by atoms with Gasteiger partial charge in [-0.15, -0.1) is 0 Å². The summed E-state index contributed by atoms with van der Waals surface area (Å²) >= 11 is 0. The van der Waals surface area contributed by atoms with Crippen molar-refractivity contribution in [2.24, 2.45) is 11.8 Å². The summed E-state index contributed by atoms with van der Waals surface area (Å²) in [4.78, 5) is 22.8. The van der Waals surface area contributed by atoms with Crippen LogP contribution < -0.4 is 0 Å². The Morgan fingerprint density at radius 2 is 1.89 bits per heavy atom. The summed E-state index contributed by atoms with van der Waals surface area (Å²) in [6, 6.07) is 0. The van der Waals surface area contributed by atoms with Gasteiger partial charge in [0.05, 0.1) is 12.3 Å². The topological polar surface area (TPSA) is 43.4 Å². The Morgan fingerprint density at radius 3 is 2.47 bits per heavy atom. The standard InChI is InChI=1S/C16H26O3/c1-3-5-6-7-8-9-11-13(10-4-2)14-12-15(17)19-16(14)18/h4,10,13-14H,3,5-9,11-12H2,1-2H3/b10-4+. The lowest BCUT2D eigenvalue weighted by Crippen LogP contribution is -2.17. The Kier molecular flexibility index (Phi) is 7.46. The second-order valence-corrected chi connectivity index (χ2v) is 5.35. The molecule has 0 aromatic rings. The van der Waals surface area contributed by atoms with Crippen LogP contribution in [-0.4, -0.2) is 11.9 Å². The van der Waals surface area contributed by atoms with Crippen molar-refractivity contribution >= 4 is 11.9 Å². The van der Waals surface area contributed by atoms with E-state index < -0.39 is 0 Å². The number of esters is 2. The normalized spacial score (nSPS) is 21.1. The summed E-state index contributed by atoms with van der Waals surface area (Å²) in [5, 5.41) is 0. The predicted molar refractivity (Wildman–Crippen MR) is 75.5 cm³/mol. The number of carbonyl (C=O) groups excluding carboxylic acids is 2. The first-order valence-corrected chi connectivity index (χ1v) is 7.56. The number of hydrogen-bond donors (Lipinski definition) is 0. The highest BCUT2D eigenvalue weighted by molar-refractivity contribution is 5.94. The highest BCUT2D eigenvalue weighted by Crippen LogP contribution is 2.29. The van der Waals surface area contributed by atoms with Crippen molar-refractivity contribution in [1.82, 2.24) is 0 Å². The molecule has 1 aliphatic heterocycles. The van der Waals surface area contributed by atoms with Crippen molar-refractivity contribution in [1.29, 1.82) is 0 Å². The molecule has 0 spiro atoms. The number of unbranched alkanes of at least 4 members (excludes halogenated alkanes) is 5. The number of allylic oxidation sites excluding steroid dienone is 2. The van der Waals surface area contributed by atoms with Crippen LogP contribution in [0.2, 0.25) is 0 Å². The van der Waals surface area contributed by atoms with Gasteiger partial charge in [-0.2, -0.15) is 0 Å². The van der Waals surface area contributed by atoms with E-state index in [1.807, 2.05) is 13.0 Å². The van der Waals surface area contributed by atoms with Gasteiger partial charge in [0.25, 0.3) is 0 Å². The lowest BCUT2D eigenvalue weighted by Gasteiger charge is -2.16. The van der Waals surface area contributed by atoms with E-state index in [1.54, 1.807) is 0 Å². The molecular formula is C16H26O3. The van der Waals surface area contributed by atoms with E-state index in [0.717, 1.165) is 12.8 Å².